The fraction of sp³-hybridized carbons (Fsp3) is 0.182. The minimum atomic E-state index is -0.912. The van der Waals surface area contributed by atoms with Gasteiger partial charge in [-0.05, 0) is 37.5 Å². The van der Waals surface area contributed by atoms with Crippen LogP contribution in [0.5, 0.6) is 0 Å². The Morgan fingerprint density at radius 2 is 1.54 bits per heavy atom. The molecule has 0 amide bonds. The Bertz CT molecular complexity index is 1010. The van der Waals surface area contributed by atoms with E-state index in [1.165, 1.54) is 16.3 Å². The highest BCUT2D eigenvalue weighted by Gasteiger charge is 2.24. The van der Waals surface area contributed by atoms with Crippen molar-refractivity contribution < 1.29 is 5.11 Å². The number of rotatable bonds is 3. The van der Waals surface area contributed by atoms with Crippen LogP contribution in [-0.4, -0.2) is 10.1 Å². The highest BCUT2D eigenvalue weighted by Crippen LogP contribution is 2.36. The zero-order valence-corrected chi connectivity index (χ0v) is 14.0. The maximum Gasteiger partial charge on any atom is 0.0863 e. The van der Waals surface area contributed by atoms with Gasteiger partial charge in [0.1, 0.15) is 0 Å². The summed E-state index contributed by atoms with van der Waals surface area (Å²) < 4.78 is 0. The lowest BCUT2D eigenvalue weighted by atomic mass is 9.88. The van der Waals surface area contributed by atoms with Crippen molar-refractivity contribution in [3.05, 3.63) is 83.4 Å². The van der Waals surface area contributed by atoms with Crippen LogP contribution in [0.25, 0.3) is 21.8 Å². The third-order valence-electron chi connectivity index (χ3n) is 4.62. The summed E-state index contributed by atoms with van der Waals surface area (Å²) in [5, 5.41) is 13.2. The number of aliphatic hydroxyl groups is 1. The molecule has 2 heteroatoms. The van der Waals surface area contributed by atoms with Crippen molar-refractivity contribution in [2.75, 3.05) is 0 Å². The molecule has 0 bridgehead atoms. The lowest BCUT2D eigenvalue weighted by Crippen LogP contribution is -2.19. The number of benzene rings is 3. The molecule has 0 aliphatic rings. The molecule has 0 aliphatic carbocycles. The van der Waals surface area contributed by atoms with E-state index >= 15 is 0 Å². The summed E-state index contributed by atoms with van der Waals surface area (Å²) in [5.74, 6) is 0. The first kappa shape index (κ1) is 15.0. The van der Waals surface area contributed by atoms with Gasteiger partial charge in [0, 0.05) is 21.9 Å². The summed E-state index contributed by atoms with van der Waals surface area (Å²) in [6.07, 6.45) is 0.811. The molecule has 0 saturated heterocycles. The van der Waals surface area contributed by atoms with Crippen LogP contribution in [0, 0.1) is 0 Å². The van der Waals surface area contributed by atoms with Gasteiger partial charge in [0.15, 0.2) is 0 Å². The Morgan fingerprint density at radius 3 is 2.29 bits per heavy atom. The number of nitrogens with one attached hydrogen (secondary N) is 1. The van der Waals surface area contributed by atoms with Crippen LogP contribution in [0.4, 0.5) is 0 Å². The zero-order valence-electron chi connectivity index (χ0n) is 14.0. The van der Waals surface area contributed by atoms with Gasteiger partial charge in [-0.25, -0.2) is 0 Å². The molecule has 4 aromatic rings. The van der Waals surface area contributed by atoms with E-state index in [2.05, 4.69) is 59.6 Å². The van der Waals surface area contributed by atoms with E-state index < -0.39 is 5.60 Å². The van der Waals surface area contributed by atoms with Gasteiger partial charge in [0.05, 0.1) is 11.1 Å². The molecule has 0 radical (unpaired) electrons. The van der Waals surface area contributed by atoms with E-state index in [9.17, 15) is 5.11 Å². The highest BCUT2D eigenvalue weighted by molar-refractivity contribution is 6.08. The molecule has 2 nitrogen and oxygen atoms in total. The van der Waals surface area contributed by atoms with E-state index in [0.717, 1.165) is 28.6 Å². The fourth-order valence-corrected chi connectivity index (χ4v) is 3.62. The van der Waals surface area contributed by atoms with Crippen LogP contribution in [0.2, 0.25) is 0 Å². The van der Waals surface area contributed by atoms with Crippen molar-refractivity contribution >= 4 is 21.8 Å². The molecule has 0 unspecified atom stereocenters. The monoisotopic (exact) mass is 315 g/mol. The van der Waals surface area contributed by atoms with Crippen molar-refractivity contribution in [2.24, 2.45) is 0 Å². The molecule has 24 heavy (non-hydrogen) atoms. The minimum absolute atomic E-state index is 0.811. The molecule has 1 aromatic heterocycles. The molecule has 0 atom stereocenters. The summed E-state index contributed by atoms with van der Waals surface area (Å²) in [4.78, 5) is 3.52. The first-order chi connectivity index (χ1) is 11.5. The van der Waals surface area contributed by atoms with Crippen molar-refractivity contribution in [3.8, 4) is 0 Å². The summed E-state index contributed by atoms with van der Waals surface area (Å²) in [5.41, 5.74) is 4.63. The second kappa shape index (κ2) is 5.50. The van der Waals surface area contributed by atoms with Crippen molar-refractivity contribution in [3.63, 3.8) is 0 Å². The number of para-hydroxylation sites is 1. The van der Waals surface area contributed by atoms with E-state index in [1.807, 2.05) is 26.0 Å². The van der Waals surface area contributed by atoms with Crippen LogP contribution in [-0.2, 0) is 12.0 Å². The molecule has 0 spiro atoms. The lowest BCUT2D eigenvalue weighted by molar-refractivity contribution is 0.0792. The van der Waals surface area contributed by atoms with Crippen LogP contribution >= 0.6 is 0 Å². The van der Waals surface area contributed by atoms with Gasteiger partial charge in [-0.1, -0.05) is 60.7 Å². The Kier molecular flexibility index (Phi) is 3.43. The van der Waals surface area contributed by atoms with E-state index in [1.54, 1.807) is 0 Å². The molecule has 2 N–H and O–H groups in total. The quantitative estimate of drug-likeness (QED) is 0.539. The smallest absolute Gasteiger partial charge is 0.0863 e. The van der Waals surface area contributed by atoms with Gasteiger partial charge in [-0.3, -0.25) is 0 Å². The average Bonchev–Trinajstić information content (AvgIpc) is 2.92. The Morgan fingerprint density at radius 1 is 0.833 bits per heavy atom. The molecule has 0 fully saturated rings. The maximum atomic E-state index is 10.9. The number of hydrogen-bond acceptors (Lipinski definition) is 1. The molecular formula is C22H21NO. The lowest BCUT2D eigenvalue weighted by Gasteiger charge is -2.23. The largest absolute Gasteiger partial charge is 0.386 e. The van der Waals surface area contributed by atoms with Crippen LogP contribution in [0.3, 0.4) is 0 Å². The molecule has 1 heterocycles. The van der Waals surface area contributed by atoms with Gasteiger partial charge in [0.2, 0.25) is 0 Å². The number of hydrogen-bond donors (Lipinski definition) is 2. The van der Waals surface area contributed by atoms with Gasteiger partial charge in [0.25, 0.3) is 0 Å². The molecular weight excluding hydrogens is 294 g/mol. The highest BCUT2D eigenvalue weighted by atomic mass is 16.3. The Hall–Kier alpha value is -2.58. The van der Waals surface area contributed by atoms with Crippen LogP contribution in [0.15, 0.2) is 66.7 Å². The standard InChI is InChI=1S/C22H21NO/c1-22(2,24)20-16(14-15-8-4-3-5-9-15)12-13-18-17-10-6-7-11-19(17)23-21(18)20/h3-13,23-24H,14H2,1-2H3. The first-order valence-electron chi connectivity index (χ1n) is 8.33. The van der Waals surface area contributed by atoms with Crippen molar-refractivity contribution in [1.29, 1.82) is 0 Å². The molecule has 0 aliphatic heterocycles. The van der Waals surface area contributed by atoms with Crippen molar-refractivity contribution in [1.82, 2.24) is 4.98 Å². The molecule has 120 valence electrons. The number of H-pyrrole nitrogens is 1. The maximum absolute atomic E-state index is 10.9. The number of fused-ring (bicyclic) bond motifs is 3. The van der Waals surface area contributed by atoms with Gasteiger partial charge in [-0.2, -0.15) is 0 Å². The third-order valence-corrected chi connectivity index (χ3v) is 4.62. The molecule has 3 aromatic carbocycles. The predicted octanol–water partition coefficient (Wildman–Crippen LogP) is 5.14. The number of aromatic amines is 1. The van der Waals surface area contributed by atoms with E-state index in [0.29, 0.717) is 0 Å². The molecule has 0 saturated carbocycles. The van der Waals surface area contributed by atoms with Crippen molar-refractivity contribution in [2.45, 2.75) is 25.9 Å². The summed E-state index contributed by atoms with van der Waals surface area (Å²) in [7, 11) is 0. The molecule has 4 rings (SSSR count). The SMILES string of the molecule is CC(C)(O)c1c(Cc2ccccc2)ccc2c1[nH]c1ccccc12. The van der Waals surface area contributed by atoms with Gasteiger partial charge >= 0.3 is 0 Å². The number of aromatic nitrogens is 1. The third kappa shape index (κ3) is 2.49. The van der Waals surface area contributed by atoms with Gasteiger partial charge in [-0.15, -0.1) is 0 Å². The summed E-state index contributed by atoms with van der Waals surface area (Å²) in [6, 6.07) is 23.0. The zero-order chi connectivity index (χ0) is 16.7. The predicted molar refractivity (Wildman–Crippen MR) is 100 cm³/mol. The second-order valence-electron chi connectivity index (χ2n) is 6.91. The van der Waals surface area contributed by atoms with Crippen LogP contribution < -0.4 is 0 Å². The minimum Gasteiger partial charge on any atom is -0.386 e. The normalized spacial score (nSPS) is 12.1. The fourth-order valence-electron chi connectivity index (χ4n) is 3.62. The van der Waals surface area contributed by atoms with Gasteiger partial charge < -0.3 is 10.1 Å². The second-order valence-corrected chi connectivity index (χ2v) is 6.91. The summed E-state index contributed by atoms with van der Waals surface area (Å²) >= 11 is 0. The first-order valence-corrected chi connectivity index (χ1v) is 8.33. The average molecular weight is 315 g/mol. The Balaban J connectivity index is 1.98. The summed E-state index contributed by atoms with van der Waals surface area (Å²) in [6.45, 7) is 3.73. The Labute approximate surface area is 141 Å². The van der Waals surface area contributed by atoms with E-state index in [4.69, 9.17) is 0 Å². The topological polar surface area (TPSA) is 36.0 Å². The van der Waals surface area contributed by atoms with Crippen LogP contribution in [0.1, 0.15) is 30.5 Å². The van der Waals surface area contributed by atoms with E-state index in [-0.39, 0.29) is 0 Å².